The number of nitrogen functional groups attached to an aromatic ring is 1. The van der Waals surface area contributed by atoms with Gasteiger partial charge in [-0.3, -0.25) is 4.98 Å². The molecule has 0 aliphatic heterocycles. The van der Waals surface area contributed by atoms with Crippen LogP contribution in [0.25, 0.3) is 22.0 Å². The number of benzene rings is 2. The van der Waals surface area contributed by atoms with Gasteiger partial charge in [0.15, 0.2) is 0 Å². The molecule has 0 unspecified atom stereocenters. The summed E-state index contributed by atoms with van der Waals surface area (Å²) >= 11 is 0. The molecule has 0 atom stereocenters. The van der Waals surface area contributed by atoms with Gasteiger partial charge < -0.3 is 20.1 Å². The summed E-state index contributed by atoms with van der Waals surface area (Å²) in [5, 5.41) is 1.91. The van der Waals surface area contributed by atoms with Gasteiger partial charge in [0.05, 0.1) is 19.9 Å². The first-order valence-corrected chi connectivity index (χ1v) is 12.0. The Morgan fingerprint density at radius 3 is 2.00 bits per heavy atom. The molecule has 7 nitrogen and oxygen atoms in total. The SMILES string of the molecule is COc1ccc(CN(Cc2ccc(OC)cc2)c2nc(-c3cnccc3C)cc3cc(N)ncc23)cc1. The van der Waals surface area contributed by atoms with Gasteiger partial charge in [0.25, 0.3) is 0 Å². The predicted octanol–water partition coefficient (Wildman–Crippen LogP) is 5.81. The largest absolute Gasteiger partial charge is 0.497 e. The molecule has 7 heteroatoms. The van der Waals surface area contributed by atoms with E-state index in [9.17, 15) is 0 Å². The van der Waals surface area contributed by atoms with Gasteiger partial charge >= 0.3 is 0 Å². The summed E-state index contributed by atoms with van der Waals surface area (Å²) in [6, 6.07) is 22.2. The van der Waals surface area contributed by atoms with Crippen LogP contribution < -0.4 is 20.1 Å². The maximum absolute atomic E-state index is 6.09. The topological polar surface area (TPSA) is 86.4 Å². The van der Waals surface area contributed by atoms with Gasteiger partial charge in [0.2, 0.25) is 0 Å². The summed E-state index contributed by atoms with van der Waals surface area (Å²) in [5.74, 6) is 2.94. The quantitative estimate of drug-likeness (QED) is 0.293. The third-order valence-electron chi connectivity index (χ3n) is 6.40. The molecule has 37 heavy (non-hydrogen) atoms. The molecule has 2 aromatic carbocycles. The van der Waals surface area contributed by atoms with Crippen LogP contribution in [0.2, 0.25) is 0 Å². The lowest BCUT2D eigenvalue weighted by Crippen LogP contribution is -2.24. The molecule has 0 saturated carbocycles. The number of fused-ring (bicyclic) bond motifs is 1. The zero-order chi connectivity index (χ0) is 25.8. The molecule has 186 valence electrons. The van der Waals surface area contributed by atoms with E-state index in [1.165, 1.54) is 0 Å². The molecule has 5 rings (SSSR count). The van der Waals surface area contributed by atoms with E-state index >= 15 is 0 Å². The first-order chi connectivity index (χ1) is 18.0. The van der Waals surface area contributed by atoms with Crippen molar-refractivity contribution in [1.82, 2.24) is 15.0 Å². The van der Waals surface area contributed by atoms with Crippen molar-refractivity contribution < 1.29 is 9.47 Å². The second-order valence-electron chi connectivity index (χ2n) is 8.90. The lowest BCUT2D eigenvalue weighted by atomic mass is 10.0. The number of hydrogen-bond acceptors (Lipinski definition) is 7. The van der Waals surface area contributed by atoms with Crippen molar-refractivity contribution in [2.24, 2.45) is 0 Å². The molecule has 0 aliphatic rings. The van der Waals surface area contributed by atoms with Crippen LogP contribution in [0.1, 0.15) is 16.7 Å². The summed E-state index contributed by atoms with van der Waals surface area (Å²) in [5.41, 5.74) is 11.3. The highest BCUT2D eigenvalue weighted by molar-refractivity contribution is 5.95. The number of rotatable bonds is 8. The number of pyridine rings is 3. The zero-order valence-corrected chi connectivity index (χ0v) is 21.2. The molecular formula is C30H29N5O2. The second-order valence-corrected chi connectivity index (χ2v) is 8.90. The van der Waals surface area contributed by atoms with E-state index in [0.717, 1.165) is 56.0 Å². The highest BCUT2D eigenvalue weighted by Gasteiger charge is 2.18. The van der Waals surface area contributed by atoms with Gasteiger partial charge in [-0.2, -0.15) is 0 Å². The molecule has 0 fully saturated rings. The summed E-state index contributed by atoms with van der Waals surface area (Å²) in [4.78, 5) is 16.2. The van der Waals surface area contributed by atoms with E-state index in [0.29, 0.717) is 18.9 Å². The van der Waals surface area contributed by atoms with E-state index in [4.69, 9.17) is 20.2 Å². The van der Waals surface area contributed by atoms with Crippen LogP contribution in [0.15, 0.2) is 85.3 Å². The Morgan fingerprint density at radius 2 is 1.43 bits per heavy atom. The molecule has 3 heterocycles. The van der Waals surface area contributed by atoms with Crippen molar-refractivity contribution in [3.05, 3.63) is 102 Å². The Kier molecular flexibility index (Phi) is 6.85. The predicted molar refractivity (Wildman–Crippen MR) is 148 cm³/mol. The van der Waals surface area contributed by atoms with E-state index in [2.05, 4.69) is 52.1 Å². The first-order valence-electron chi connectivity index (χ1n) is 12.0. The fraction of sp³-hybridized carbons (Fsp3) is 0.167. The fourth-order valence-electron chi connectivity index (χ4n) is 4.37. The van der Waals surface area contributed by atoms with Crippen LogP contribution in [0.3, 0.4) is 0 Å². The van der Waals surface area contributed by atoms with Crippen LogP contribution in [0.5, 0.6) is 11.5 Å². The van der Waals surface area contributed by atoms with Crippen LogP contribution >= 0.6 is 0 Å². The molecule has 2 N–H and O–H groups in total. The number of aryl methyl sites for hydroxylation is 1. The number of hydrogen-bond donors (Lipinski definition) is 1. The minimum Gasteiger partial charge on any atom is -0.497 e. The van der Waals surface area contributed by atoms with Crippen molar-refractivity contribution in [1.29, 1.82) is 0 Å². The molecule has 0 aliphatic carbocycles. The number of ether oxygens (including phenoxy) is 2. The van der Waals surface area contributed by atoms with Gasteiger partial charge in [-0.15, -0.1) is 0 Å². The summed E-state index contributed by atoms with van der Waals surface area (Å²) in [6.07, 6.45) is 5.46. The third-order valence-corrected chi connectivity index (χ3v) is 6.40. The van der Waals surface area contributed by atoms with Crippen molar-refractivity contribution in [3.63, 3.8) is 0 Å². The van der Waals surface area contributed by atoms with Crippen molar-refractivity contribution >= 4 is 22.4 Å². The van der Waals surface area contributed by atoms with Crippen molar-refractivity contribution in [3.8, 4) is 22.8 Å². The number of methoxy groups -OCH3 is 2. The lowest BCUT2D eigenvalue weighted by Gasteiger charge is -2.26. The van der Waals surface area contributed by atoms with E-state index in [1.54, 1.807) is 20.4 Å². The van der Waals surface area contributed by atoms with Gasteiger partial charge in [0, 0.05) is 42.6 Å². The second kappa shape index (κ2) is 10.5. The fourth-order valence-corrected chi connectivity index (χ4v) is 4.37. The average molecular weight is 492 g/mol. The number of nitrogens with zero attached hydrogens (tertiary/aromatic N) is 4. The van der Waals surface area contributed by atoms with Gasteiger partial charge in [-0.05, 0) is 71.5 Å². The number of aromatic nitrogens is 3. The Labute approximate surface area is 216 Å². The molecule has 0 spiro atoms. The Balaban J connectivity index is 1.65. The van der Waals surface area contributed by atoms with E-state index < -0.39 is 0 Å². The highest BCUT2D eigenvalue weighted by atomic mass is 16.5. The average Bonchev–Trinajstić information content (AvgIpc) is 2.93. The smallest absolute Gasteiger partial charge is 0.139 e. The summed E-state index contributed by atoms with van der Waals surface area (Å²) in [7, 11) is 3.34. The molecule has 0 radical (unpaired) electrons. The summed E-state index contributed by atoms with van der Waals surface area (Å²) in [6.45, 7) is 3.34. The van der Waals surface area contributed by atoms with Crippen LogP contribution in [0.4, 0.5) is 11.6 Å². The van der Waals surface area contributed by atoms with E-state index in [-0.39, 0.29) is 0 Å². The van der Waals surface area contributed by atoms with Crippen molar-refractivity contribution in [2.75, 3.05) is 24.9 Å². The minimum atomic E-state index is 0.468. The maximum Gasteiger partial charge on any atom is 0.139 e. The van der Waals surface area contributed by atoms with Crippen LogP contribution in [-0.2, 0) is 13.1 Å². The van der Waals surface area contributed by atoms with Crippen LogP contribution in [-0.4, -0.2) is 29.2 Å². The Morgan fingerprint density at radius 1 is 0.811 bits per heavy atom. The van der Waals surface area contributed by atoms with Gasteiger partial charge in [-0.1, -0.05) is 24.3 Å². The summed E-state index contributed by atoms with van der Waals surface area (Å²) < 4.78 is 10.7. The van der Waals surface area contributed by atoms with Gasteiger partial charge in [0.1, 0.15) is 23.1 Å². The molecule has 0 bridgehead atoms. The van der Waals surface area contributed by atoms with E-state index in [1.807, 2.05) is 48.8 Å². The monoisotopic (exact) mass is 491 g/mol. The number of anilines is 2. The third kappa shape index (κ3) is 5.30. The minimum absolute atomic E-state index is 0.468. The van der Waals surface area contributed by atoms with Crippen LogP contribution in [0, 0.1) is 6.92 Å². The van der Waals surface area contributed by atoms with Gasteiger partial charge in [-0.25, -0.2) is 9.97 Å². The molecular weight excluding hydrogens is 462 g/mol. The Hall–Kier alpha value is -4.65. The number of nitrogens with two attached hydrogens (primary N) is 1. The highest BCUT2D eigenvalue weighted by Crippen LogP contribution is 2.33. The first kappa shape index (κ1) is 24.1. The standard InChI is InChI=1S/C30H29N5O2/c1-20-12-13-32-16-26(20)28-14-23-15-29(31)33-17-27(23)30(34-28)35(18-21-4-8-24(36-2)9-5-21)19-22-6-10-25(37-3)11-7-22/h4-17H,18-19H2,1-3H3,(H2,31,33). The molecule has 0 saturated heterocycles. The molecule has 0 amide bonds. The maximum atomic E-state index is 6.09. The lowest BCUT2D eigenvalue weighted by molar-refractivity contribution is 0.414. The molecule has 3 aromatic heterocycles. The zero-order valence-electron chi connectivity index (χ0n) is 21.2. The molecule has 5 aromatic rings. The Bertz CT molecular complexity index is 1470. The van der Waals surface area contributed by atoms with Crippen molar-refractivity contribution in [2.45, 2.75) is 20.0 Å². The normalized spacial score (nSPS) is 10.9.